The van der Waals surface area contributed by atoms with Gasteiger partial charge in [0.1, 0.15) is 0 Å². The van der Waals surface area contributed by atoms with Crippen molar-refractivity contribution in [2.75, 3.05) is 0 Å². The number of rotatable bonds is 2. The Morgan fingerprint density at radius 3 is 1.72 bits per heavy atom. The van der Waals surface area contributed by atoms with Gasteiger partial charge in [-0.2, -0.15) is 0 Å². The van der Waals surface area contributed by atoms with Crippen LogP contribution in [0.3, 0.4) is 0 Å². The molecule has 148 valence electrons. The summed E-state index contributed by atoms with van der Waals surface area (Å²) >= 11 is 0. The first-order chi connectivity index (χ1) is 15.9. The Balaban J connectivity index is 1.84. The quantitative estimate of drug-likeness (QED) is 0.199. The second-order valence-corrected chi connectivity index (χ2v) is 8.52. The van der Waals surface area contributed by atoms with Crippen molar-refractivity contribution in [1.82, 2.24) is 0 Å². The van der Waals surface area contributed by atoms with E-state index in [-0.39, 0.29) is 0 Å². The summed E-state index contributed by atoms with van der Waals surface area (Å²) in [6.45, 7) is 0. The maximum atomic E-state index is 2.39. The summed E-state index contributed by atoms with van der Waals surface area (Å²) in [7, 11) is 0. The molecule has 0 aromatic heterocycles. The third-order valence-corrected chi connectivity index (χ3v) is 6.78. The lowest BCUT2D eigenvalue weighted by atomic mass is 9.82. The van der Waals surface area contributed by atoms with Crippen LogP contribution in [0.4, 0.5) is 0 Å². The highest BCUT2D eigenvalue weighted by atomic mass is 14.2. The van der Waals surface area contributed by atoms with Crippen molar-refractivity contribution >= 4 is 43.1 Å². The maximum Gasteiger partial charge on any atom is -0.000786 e. The fraction of sp³-hybridized carbons (Fsp3) is 0. The minimum atomic E-state index is 1.25. The molecule has 0 radical (unpaired) electrons. The van der Waals surface area contributed by atoms with Gasteiger partial charge in [0.2, 0.25) is 0 Å². The molecule has 0 aliphatic carbocycles. The summed E-state index contributed by atoms with van der Waals surface area (Å²) in [5.74, 6) is 0. The van der Waals surface area contributed by atoms with E-state index in [0.29, 0.717) is 0 Å². The standard InChI is InChI=1S/C32H20/c1-3-10-21(11-4-1)28-20-24-19-18-23-14-9-17-26-25-15-7-8-16-27(25)32(31(24)29(23)26)30(28)22-12-5-2-6-13-22/h1-20H. The van der Waals surface area contributed by atoms with E-state index in [1.807, 2.05) is 0 Å². The summed E-state index contributed by atoms with van der Waals surface area (Å²) < 4.78 is 0. The molecule has 0 aliphatic rings. The molecule has 0 spiro atoms. The molecular formula is C32H20. The van der Waals surface area contributed by atoms with Crippen molar-refractivity contribution in [1.29, 1.82) is 0 Å². The molecule has 0 atom stereocenters. The van der Waals surface area contributed by atoms with Crippen LogP contribution in [0.2, 0.25) is 0 Å². The lowest BCUT2D eigenvalue weighted by Gasteiger charge is -2.21. The molecular weight excluding hydrogens is 384 g/mol. The average Bonchev–Trinajstić information content (AvgIpc) is 2.88. The van der Waals surface area contributed by atoms with Gasteiger partial charge in [0.05, 0.1) is 0 Å². The van der Waals surface area contributed by atoms with Crippen LogP contribution in [0, 0.1) is 0 Å². The number of benzene rings is 7. The highest BCUT2D eigenvalue weighted by Crippen LogP contribution is 2.48. The predicted molar refractivity (Wildman–Crippen MR) is 139 cm³/mol. The van der Waals surface area contributed by atoms with Gasteiger partial charge >= 0.3 is 0 Å². The summed E-state index contributed by atoms with van der Waals surface area (Å²) in [5, 5.41) is 10.7. The van der Waals surface area contributed by atoms with Crippen LogP contribution < -0.4 is 0 Å². The van der Waals surface area contributed by atoms with Gasteiger partial charge in [-0.3, -0.25) is 0 Å². The van der Waals surface area contributed by atoms with Gasteiger partial charge in [-0.15, -0.1) is 0 Å². The normalized spacial score (nSPS) is 11.8. The Labute approximate surface area is 186 Å². The lowest BCUT2D eigenvalue weighted by molar-refractivity contribution is 1.62. The molecule has 7 rings (SSSR count). The van der Waals surface area contributed by atoms with Crippen LogP contribution in [-0.2, 0) is 0 Å². The van der Waals surface area contributed by atoms with Gasteiger partial charge in [-0.1, -0.05) is 115 Å². The van der Waals surface area contributed by atoms with Crippen LogP contribution in [0.5, 0.6) is 0 Å². The second kappa shape index (κ2) is 6.67. The SMILES string of the molecule is c1ccc(-c2cc3ccc4cccc5c6ccccc6c(c2-c2ccccc2)c3c45)cc1. The minimum Gasteiger partial charge on any atom is -0.0622 e. The molecule has 0 heteroatoms. The molecule has 0 heterocycles. The van der Waals surface area contributed by atoms with Gasteiger partial charge in [-0.25, -0.2) is 0 Å². The lowest BCUT2D eigenvalue weighted by Crippen LogP contribution is -1.93. The van der Waals surface area contributed by atoms with E-state index in [1.54, 1.807) is 0 Å². The third kappa shape index (κ3) is 2.38. The first-order valence-corrected chi connectivity index (χ1v) is 11.1. The van der Waals surface area contributed by atoms with Crippen molar-refractivity contribution < 1.29 is 0 Å². The van der Waals surface area contributed by atoms with E-state index in [9.17, 15) is 0 Å². The zero-order chi connectivity index (χ0) is 21.1. The zero-order valence-electron chi connectivity index (χ0n) is 17.5. The van der Waals surface area contributed by atoms with Crippen LogP contribution in [0.1, 0.15) is 0 Å². The largest absolute Gasteiger partial charge is 0.0622 e. The third-order valence-electron chi connectivity index (χ3n) is 6.78. The molecule has 32 heavy (non-hydrogen) atoms. The minimum absolute atomic E-state index is 1.25. The smallest absolute Gasteiger partial charge is 0.000786 e. The molecule has 7 aromatic rings. The van der Waals surface area contributed by atoms with Crippen molar-refractivity contribution in [3.05, 3.63) is 121 Å². The maximum absolute atomic E-state index is 2.39. The summed E-state index contributed by atoms with van der Waals surface area (Å²) in [6, 6.07) is 44.2. The molecule has 0 saturated heterocycles. The molecule has 0 N–H and O–H groups in total. The number of hydrogen-bond donors (Lipinski definition) is 0. The Bertz CT molecular complexity index is 1740. The van der Waals surface area contributed by atoms with E-state index in [1.165, 1.54) is 65.3 Å². The Morgan fingerprint density at radius 1 is 0.344 bits per heavy atom. The van der Waals surface area contributed by atoms with Crippen LogP contribution >= 0.6 is 0 Å². The first-order valence-electron chi connectivity index (χ1n) is 11.1. The monoisotopic (exact) mass is 404 g/mol. The molecule has 0 bridgehead atoms. The van der Waals surface area contributed by atoms with E-state index in [4.69, 9.17) is 0 Å². The average molecular weight is 405 g/mol. The van der Waals surface area contributed by atoms with E-state index in [2.05, 4.69) is 121 Å². The predicted octanol–water partition coefficient (Wildman–Crippen LogP) is 9.07. The van der Waals surface area contributed by atoms with Gasteiger partial charge in [0, 0.05) is 0 Å². The Hall–Kier alpha value is -4.16. The fourth-order valence-corrected chi connectivity index (χ4v) is 5.45. The fourth-order valence-electron chi connectivity index (χ4n) is 5.45. The van der Waals surface area contributed by atoms with Gasteiger partial charge in [0.15, 0.2) is 0 Å². The second-order valence-electron chi connectivity index (χ2n) is 8.52. The molecule has 0 fully saturated rings. The number of fused-ring (bicyclic) bond motifs is 3. The van der Waals surface area contributed by atoms with Crippen molar-refractivity contribution in [3.63, 3.8) is 0 Å². The summed E-state index contributed by atoms with van der Waals surface area (Å²) in [4.78, 5) is 0. The van der Waals surface area contributed by atoms with E-state index >= 15 is 0 Å². The van der Waals surface area contributed by atoms with Gasteiger partial charge < -0.3 is 0 Å². The first kappa shape index (κ1) is 17.5. The summed E-state index contributed by atoms with van der Waals surface area (Å²) in [5.41, 5.74) is 5.11. The van der Waals surface area contributed by atoms with Crippen LogP contribution in [-0.4, -0.2) is 0 Å². The Morgan fingerprint density at radius 2 is 0.938 bits per heavy atom. The van der Waals surface area contributed by atoms with Crippen LogP contribution in [0.15, 0.2) is 121 Å². The zero-order valence-corrected chi connectivity index (χ0v) is 17.5. The van der Waals surface area contributed by atoms with Crippen molar-refractivity contribution in [2.45, 2.75) is 0 Å². The van der Waals surface area contributed by atoms with Crippen molar-refractivity contribution in [2.24, 2.45) is 0 Å². The molecule has 0 nitrogen and oxygen atoms in total. The van der Waals surface area contributed by atoms with E-state index in [0.717, 1.165) is 0 Å². The Kier molecular flexibility index (Phi) is 3.65. The molecule has 0 amide bonds. The molecule has 7 aromatic carbocycles. The van der Waals surface area contributed by atoms with Crippen molar-refractivity contribution in [3.8, 4) is 22.3 Å². The van der Waals surface area contributed by atoms with Crippen LogP contribution in [0.25, 0.3) is 65.3 Å². The van der Waals surface area contributed by atoms with Gasteiger partial charge in [0.25, 0.3) is 0 Å². The van der Waals surface area contributed by atoms with E-state index < -0.39 is 0 Å². The molecule has 0 saturated carbocycles. The molecule has 0 unspecified atom stereocenters. The highest BCUT2D eigenvalue weighted by molar-refractivity contribution is 6.37. The van der Waals surface area contributed by atoms with Gasteiger partial charge in [-0.05, 0) is 71.4 Å². The topological polar surface area (TPSA) is 0 Å². The summed E-state index contributed by atoms with van der Waals surface area (Å²) in [6.07, 6.45) is 0. The number of hydrogen-bond acceptors (Lipinski definition) is 0. The highest BCUT2D eigenvalue weighted by Gasteiger charge is 2.20. The molecule has 0 aliphatic heterocycles.